The number of carbonyl (C=O) groups excluding carboxylic acids is 3. The number of nitrogens with zero attached hydrogens (tertiary/aromatic N) is 1. The van der Waals surface area contributed by atoms with Gasteiger partial charge < -0.3 is 10.1 Å². The first-order valence-corrected chi connectivity index (χ1v) is 8.94. The zero-order valence-corrected chi connectivity index (χ0v) is 15.8. The lowest BCUT2D eigenvalue weighted by atomic mass is 10.2. The number of nitro benzene ring substituents is 1. The van der Waals surface area contributed by atoms with E-state index >= 15 is 0 Å². The maximum atomic E-state index is 12.1. The van der Waals surface area contributed by atoms with Crippen molar-refractivity contribution in [1.29, 1.82) is 0 Å². The van der Waals surface area contributed by atoms with Crippen LogP contribution in [0, 0.1) is 10.1 Å². The summed E-state index contributed by atoms with van der Waals surface area (Å²) in [6, 6.07) is 6.75. The fourth-order valence-electron chi connectivity index (χ4n) is 2.09. The monoisotopic (exact) mass is 410 g/mol. The third-order valence-electron chi connectivity index (χ3n) is 3.40. The molecule has 0 saturated heterocycles. The van der Waals surface area contributed by atoms with Crippen LogP contribution in [-0.2, 0) is 16.0 Å². The minimum Gasteiger partial charge on any atom is -0.454 e. The number of amides is 1. The SMILES string of the molecule is CC(=O)NCCc1ccc(C(=O)COC(=O)c2ccc([N+](=O)[O-])cc2Cl)s1. The Morgan fingerprint density at radius 2 is 2.00 bits per heavy atom. The van der Waals surface area contributed by atoms with Crippen molar-refractivity contribution in [3.05, 3.63) is 60.8 Å². The first-order chi connectivity index (χ1) is 12.8. The van der Waals surface area contributed by atoms with E-state index in [1.807, 2.05) is 0 Å². The molecule has 0 bridgehead atoms. The van der Waals surface area contributed by atoms with Gasteiger partial charge in [0.05, 0.1) is 20.4 Å². The number of rotatable bonds is 8. The summed E-state index contributed by atoms with van der Waals surface area (Å²) >= 11 is 7.11. The Hall–Kier alpha value is -2.78. The van der Waals surface area contributed by atoms with Crippen molar-refractivity contribution in [3.63, 3.8) is 0 Å². The van der Waals surface area contributed by atoms with Crippen LogP contribution in [0.4, 0.5) is 5.69 Å². The molecule has 1 heterocycles. The highest BCUT2D eigenvalue weighted by Gasteiger charge is 2.18. The first-order valence-electron chi connectivity index (χ1n) is 7.75. The van der Waals surface area contributed by atoms with E-state index in [2.05, 4.69) is 5.32 Å². The highest BCUT2D eigenvalue weighted by Crippen LogP contribution is 2.23. The van der Waals surface area contributed by atoms with Crippen molar-refractivity contribution in [2.24, 2.45) is 0 Å². The summed E-state index contributed by atoms with van der Waals surface area (Å²) in [4.78, 5) is 46.4. The average molecular weight is 411 g/mol. The second-order valence-corrected chi connectivity index (χ2v) is 7.00. The number of carbonyl (C=O) groups is 3. The number of thiophene rings is 1. The van der Waals surface area contributed by atoms with Gasteiger partial charge in [-0.15, -0.1) is 11.3 Å². The Kier molecular flexibility index (Phi) is 7.03. The van der Waals surface area contributed by atoms with E-state index in [-0.39, 0.29) is 28.0 Å². The first kappa shape index (κ1) is 20.5. The van der Waals surface area contributed by atoms with Gasteiger partial charge in [0.15, 0.2) is 6.61 Å². The maximum Gasteiger partial charge on any atom is 0.340 e. The van der Waals surface area contributed by atoms with Gasteiger partial charge in [0.2, 0.25) is 11.7 Å². The number of Topliss-reactive ketones (excluding diaryl/α,β-unsaturated/α-hetero) is 1. The zero-order chi connectivity index (χ0) is 20.0. The largest absolute Gasteiger partial charge is 0.454 e. The van der Waals surface area contributed by atoms with E-state index in [9.17, 15) is 24.5 Å². The highest BCUT2D eigenvalue weighted by atomic mass is 35.5. The molecule has 2 rings (SSSR count). The Morgan fingerprint density at radius 1 is 1.26 bits per heavy atom. The topological polar surface area (TPSA) is 116 Å². The number of nitro groups is 1. The summed E-state index contributed by atoms with van der Waals surface area (Å²) in [6.45, 7) is 1.42. The molecule has 0 spiro atoms. The van der Waals surface area contributed by atoms with Crippen LogP contribution in [0.2, 0.25) is 5.02 Å². The lowest BCUT2D eigenvalue weighted by Gasteiger charge is -2.05. The number of non-ortho nitro benzene ring substituents is 1. The summed E-state index contributed by atoms with van der Waals surface area (Å²) in [5, 5.41) is 13.2. The molecule has 1 N–H and O–H groups in total. The highest BCUT2D eigenvalue weighted by molar-refractivity contribution is 7.14. The predicted octanol–water partition coefficient (Wildman–Crippen LogP) is 3.03. The number of hydrogen-bond acceptors (Lipinski definition) is 7. The summed E-state index contributed by atoms with van der Waals surface area (Å²) in [5.74, 6) is -1.34. The number of ether oxygens (including phenoxy) is 1. The predicted molar refractivity (Wildman–Crippen MR) is 99.4 cm³/mol. The maximum absolute atomic E-state index is 12.1. The summed E-state index contributed by atoms with van der Waals surface area (Å²) in [5.41, 5.74) is -0.310. The van der Waals surface area contributed by atoms with E-state index in [0.717, 1.165) is 17.0 Å². The quantitative estimate of drug-likeness (QED) is 0.309. The van der Waals surface area contributed by atoms with Crippen LogP contribution in [0.1, 0.15) is 31.8 Å². The van der Waals surface area contributed by atoms with Crippen LogP contribution < -0.4 is 5.32 Å². The van der Waals surface area contributed by atoms with Crippen LogP contribution in [-0.4, -0.2) is 35.7 Å². The summed E-state index contributed by atoms with van der Waals surface area (Å²) in [6.07, 6.45) is 0.593. The second kappa shape index (κ2) is 9.24. The van der Waals surface area contributed by atoms with Crippen molar-refractivity contribution in [3.8, 4) is 0 Å². The van der Waals surface area contributed by atoms with Crippen LogP contribution >= 0.6 is 22.9 Å². The normalized spacial score (nSPS) is 10.3. The van der Waals surface area contributed by atoms with E-state index in [0.29, 0.717) is 17.8 Å². The van der Waals surface area contributed by atoms with Gasteiger partial charge >= 0.3 is 5.97 Å². The van der Waals surface area contributed by atoms with Crippen molar-refractivity contribution >= 4 is 46.3 Å². The number of hydrogen-bond donors (Lipinski definition) is 1. The molecular formula is C17H15ClN2O6S. The molecule has 0 aliphatic rings. The van der Waals surface area contributed by atoms with Gasteiger partial charge in [-0.1, -0.05) is 11.6 Å². The molecule has 10 heteroatoms. The molecule has 0 saturated carbocycles. The van der Waals surface area contributed by atoms with E-state index in [4.69, 9.17) is 16.3 Å². The number of esters is 1. The number of ketones is 1. The van der Waals surface area contributed by atoms with E-state index in [1.165, 1.54) is 24.3 Å². The second-order valence-electron chi connectivity index (χ2n) is 5.42. The van der Waals surface area contributed by atoms with Crippen molar-refractivity contribution in [2.75, 3.05) is 13.2 Å². The molecule has 0 aliphatic carbocycles. The van der Waals surface area contributed by atoms with Gasteiger partial charge in [-0.05, 0) is 24.6 Å². The molecule has 1 amide bonds. The molecule has 0 unspecified atom stereocenters. The minimum absolute atomic E-state index is 0.0581. The fourth-order valence-corrected chi connectivity index (χ4v) is 3.27. The Balaban J connectivity index is 1.91. The molecule has 0 aliphatic heterocycles. The number of benzene rings is 1. The van der Waals surface area contributed by atoms with Gasteiger partial charge in [-0.2, -0.15) is 0 Å². The molecule has 2 aromatic rings. The molecule has 1 aromatic heterocycles. The lowest BCUT2D eigenvalue weighted by Crippen LogP contribution is -2.22. The number of nitrogens with one attached hydrogen (secondary N) is 1. The summed E-state index contributed by atoms with van der Waals surface area (Å²) < 4.78 is 4.95. The van der Waals surface area contributed by atoms with Gasteiger partial charge in [0.25, 0.3) is 5.69 Å². The van der Waals surface area contributed by atoms with Gasteiger partial charge in [0.1, 0.15) is 0 Å². The van der Waals surface area contributed by atoms with E-state index < -0.39 is 17.5 Å². The van der Waals surface area contributed by atoms with Crippen molar-refractivity contribution in [1.82, 2.24) is 5.32 Å². The zero-order valence-electron chi connectivity index (χ0n) is 14.2. The van der Waals surface area contributed by atoms with Crippen LogP contribution in [0.15, 0.2) is 30.3 Å². The molecule has 0 radical (unpaired) electrons. The lowest BCUT2D eigenvalue weighted by molar-refractivity contribution is -0.384. The third-order valence-corrected chi connectivity index (χ3v) is 4.90. The molecule has 27 heavy (non-hydrogen) atoms. The van der Waals surface area contributed by atoms with E-state index in [1.54, 1.807) is 12.1 Å². The van der Waals surface area contributed by atoms with Gasteiger partial charge in [0, 0.05) is 30.5 Å². The van der Waals surface area contributed by atoms with Crippen molar-refractivity contribution < 1.29 is 24.0 Å². The molecular weight excluding hydrogens is 396 g/mol. The Morgan fingerprint density at radius 3 is 2.63 bits per heavy atom. The van der Waals surface area contributed by atoms with Crippen LogP contribution in [0.25, 0.3) is 0 Å². The fraction of sp³-hybridized carbons (Fsp3) is 0.235. The van der Waals surface area contributed by atoms with Gasteiger partial charge in [-0.3, -0.25) is 19.7 Å². The van der Waals surface area contributed by atoms with Crippen LogP contribution in [0.3, 0.4) is 0 Å². The van der Waals surface area contributed by atoms with Crippen LogP contribution in [0.5, 0.6) is 0 Å². The van der Waals surface area contributed by atoms with Crippen molar-refractivity contribution in [2.45, 2.75) is 13.3 Å². The Bertz CT molecular complexity index is 895. The molecule has 142 valence electrons. The molecule has 0 atom stereocenters. The van der Waals surface area contributed by atoms with Gasteiger partial charge in [-0.25, -0.2) is 4.79 Å². The molecule has 1 aromatic carbocycles. The summed E-state index contributed by atoms with van der Waals surface area (Å²) in [7, 11) is 0. The molecule has 8 nitrogen and oxygen atoms in total. The number of halogens is 1. The molecule has 0 fully saturated rings. The average Bonchev–Trinajstić information content (AvgIpc) is 3.07. The third kappa shape index (κ3) is 5.87. The minimum atomic E-state index is -0.842. The smallest absolute Gasteiger partial charge is 0.340 e. The standard InChI is InChI=1S/C17H15ClN2O6S/c1-10(21)19-7-6-12-3-5-16(27-12)15(22)9-26-17(23)13-4-2-11(20(24)25)8-14(13)18/h2-5,8H,6-7,9H2,1H3,(H,19,21). The Labute approximate surface area is 163 Å².